The van der Waals surface area contributed by atoms with Gasteiger partial charge in [0.25, 0.3) is 0 Å². The van der Waals surface area contributed by atoms with Crippen molar-refractivity contribution < 1.29 is 5.11 Å². The van der Waals surface area contributed by atoms with E-state index in [1.807, 2.05) is 18.2 Å². The van der Waals surface area contributed by atoms with E-state index in [0.29, 0.717) is 5.41 Å². The van der Waals surface area contributed by atoms with Crippen LogP contribution in [-0.2, 0) is 0 Å². The summed E-state index contributed by atoms with van der Waals surface area (Å²) >= 11 is 0. The van der Waals surface area contributed by atoms with Crippen molar-refractivity contribution in [2.45, 2.75) is 47.0 Å². The molecule has 1 heteroatoms. The molecule has 0 atom stereocenters. The lowest BCUT2D eigenvalue weighted by atomic mass is 9.72. The third-order valence-corrected chi connectivity index (χ3v) is 3.88. The molecule has 1 aliphatic carbocycles. The Morgan fingerprint density at radius 1 is 1.25 bits per heavy atom. The smallest absolute Gasteiger partial charge is 0.0615 e. The molecule has 0 aromatic rings. The lowest BCUT2D eigenvalue weighted by Crippen LogP contribution is -2.19. The Morgan fingerprint density at radius 3 is 2.65 bits per heavy atom. The predicted octanol–water partition coefficient (Wildman–Crippen LogP) is 5.12. The molecule has 0 aliphatic heterocycles. The molecule has 1 nitrogen and oxygen atoms in total. The van der Waals surface area contributed by atoms with Crippen LogP contribution in [0.1, 0.15) is 47.0 Å². The van der Waals surface area contributed by atoms with E-state index in [0.717, 1.165) is 0 Å². The van der Waals surface area contributed by atoms with Gasteiger partial charge in [-0.05, 0) is 44.1 Å². The minimum absolute atomic E-state index is 0.0927. The molecule has 0 spiro atoms. The monoisotopic (exact) mass is 272 g/mol. The molecule has 0 saturated carbocycles. The summed E-state index contributed by atoms with van der Waals surface area (Å²) in [6.07, 6.45) is 17.9. The summed E-state index contributed by atoms with van der Waals surface area (Å²) in [4.78, 5) is 0. The minimum atomic E-state index is 0.0927. The number of aliphatic hydroxyl groups excluding tert-OH is 1. The number of hydrogen-bond acceptors (Lipinski definition) is 1. The van der Waals surface area contributed by atoms with Crippen molar-refractivity contribution in [1.29, 1.82) is 0 Å². The summed E-state index contributed by atoms with van der Waals surface area (Å²) in [5, 5.41) is 8.62. The van der Waals surface area contributed by atoms with Crippen molar-refractivity contribution in [2.24, 2.45) is 5.41 Å². The van der Waals surface area contributed by atoms with Crippen molar-refractivity contribution in [3.8, 4) is 0 Å². The van der Waals surface area contributed by atoms with Crippen LogP contribution in [0.3, 0.4) is 0 Å². The molecule has 110 valence electrons. The van der Waals surface area contributed by atoms with Crippen LogP contribution >= 0.6 is 0 Å². The first-order valence-electron chi connectivity index (χ1n) is 7.46. The van der Waals surface area contributed by atoms with Gasteiger partial charge in [-0.3, -0.25) is 0 Å². The molecule has 0 amide bonds. The van der Waals surface area contributed by atoms with Gasteiger partial charge in [0.1, 0.15) is 0 Å². The molecule has 0 saturated heterocycles. The summed E-state index contributed by atoms with van der Waals surface area (Å²) in [6.45, 7) is 9.15. The molecule has 0 aromatic heterocycles. The molecular formula is C19H28O. The normalized spacial score (nSPS) is 20.8. The van der Waals surface area contributed by atoms with Crippen molar-refractivity contribution in [3.63, 3.8) is 0 Å². The van der Waals surface area contributed by atoms with Gasteiger partial charge in [-0.1, -0.05) is 67.5 Å². The van der Waals surface area contributed by atoms with Gasteiger partial charge < -0.3 is 5.11 Å². The highest BCUT2D eigenvalue weighted by Crippen LogP contribution is 2.40. The lowest BCUT2D eigenvalue weighted by molar-refractivity contribution is 0.343. The Labute approximate surface area is 124 Å². The third kappa shape index (κ3) is 5.34. The highest BCUT2D eigenvalue weighted by molar-refractivity contribution is 5.36. The molecule has 1 aliphatic rings. The Bertz CT molecular complexity index is 456. The Balaban J connectivity index is 2.73. The molecule has 1 rings (SSSR count). The molecule has 0 heterocycles. The molecule has 0 radical (unpaired) electrons. The Kier molecular flexibility index (Phi) is 6.74. The quantitative estimate of drug-likeness (QED) is 0.689. The fourth-order valence-corrected chi connectivity index (χ4v) is 2.69. The Hall–Kier alpha value is -1.34. The largest absolute Gasteiger partial charge is 0.392 e. The summed E-state index contributed by atoms with van der Waals surface area (Å²) < 4.78 is 0. The standard InChI is InChI=1S/C19H28O/c1-16(10-7-5-6-8-15-20)12-13-18-17(2)11-9-14-19(18,3)4/h5-8,10,12-13,20H,9,11,14-15H2,1-4H3/b7-5+,8-6-,13-12+,16-10+. The number of hydrogen-bond donors (Lipinski definition) is 1. The number of aliphatic hydroxyl groups is 1. The van der Waals surface area contributed by atoms with E-state index < -0.39 is 0 Å². The first-order valence-corrected chi connectivity index (χ1v) is 7.46. The van der Waals surface area contributed by atoms with Crippen LogP contribution < -0.4 is 0 Å². The van der Waals surface area contributed by atoms with Gasteiger partial charge in [0.05, 0.1) is 6.61 Å². The van der Waals surface area contributed by atoms with E-state index >= 15 is 0 Å². The fourth-order valence-electron chi connectivity index (χ4n) is 2.69. The Morgan fingerprint density at radius 2 is 2.00 bits per heavy atom. The molecule has 20 heavy (non-hydrogen) atoms. The van der Waals surface area contributed by atoms with Gasteiger partial charge in [-0.15, -0.1) is 0 Å². The second kappa shape index (κ2) is 8.06. The molecule has 0 aromatic carbocycles. The topological polar surface area (TPSA) is 20.2 Å². The molecular weight excluding hydrogens is 244 g/mol. The maximum absolute atomic E-state index is 8.62. The summed E-state index contributed by atoms with van der Waals surface area (Å²) in [6, 6.07) is 0. The zero-order chi connectivity index (χ0) is 15.0. The lowest BCUT2D eigenvalue weighted by Gasteiger charge is -2.32. The molecule has 0 fully saturated rings. The SMILES string of the molecule is CC1=C(/C=C/C(C)=C/C=C/C=C\CO)C(C)(C)CCC1. The van der Waals surface area contributed by atoms with Crippen LogP contribution in [-0.4, -0.2) is 11.7 Å². The van der Waals surface area contributed by atoms with Crippen LogP contribution in [0.15, 0.2) is 59.3 Å². The van der Waals surface area contributed by atoms with Crippen LogP contribution in [0.2, 0.25) is 0 Å². The van der Waals surface area contributed by atoms with E-state index in [1.165, 1.54) is 36.0 Å². The maximum Gasteiger partial charge on any atom is 0.0615 e. The van der Waals surface area contributed by atoms with Crippen molar-refractivity contribution in [1.82, 2.24) is 0 Å². The zero-order valence-corrected chi connectivity index (χ0v) is 13.3. The molecule has 1 N–H and O–H groups in total. The van der Waals surface area contributed by atoms with Crippen molar-refractivity contribution in [2.75, 3.05) is 6.61 Å². The van der Waals surface area contributed by atoms with Gasteiger partial charge in [0.2, 0.25) is 0 Å². The summed E-state index contributed by atoms with van der Waals surface area (Å²) in [7, 11) is 0. The third-order valence-electron chi connectivity index (χ3n) is 3.88. The van der Waals surface area contributed by atoms with Crippen molar-refractivity contribution in [3.05, 3.63) is 59.3 Å². The molecule has 0 unspecified atom stereocenters. The highest BCUT2D eigenvalue weighted by atomic mass is 16.2. The van der Waals surface area contributed by atoms with Crippen LogP contribution in [0, 0.1) is 5.41 Å². The summed E-state index contributed by atoms with van der Waals surface area (Å²) in [5.41, 5.74) is 4.58. The average Bonchev–Trinajstić information content (AvgIpc) is 2.37. The second-order valence-electron chi connectivity index (χ2n) is 6.17. The van der Waals surface area contributed by atoms with E-state index in [1.54, 1.807) is 6.08 Å². The van der Waals surface area contributed by atoms with Gasteiger partial charge in [-0.25, -0.2) is 0 Å². The van der Waals surface area contributed by atoms with Crippen LogP contribution in [0.25, 0.3) is 0 Å². The van der Waals surface area contributed by atoms with E-state index in [2.05, 4.69) is 45.9 Å². The average molecular weight is 272 g/mol. The maximum atomic E-state index is 8.62. The first-order chi connectivity index (χ1) is 9.47. The van der Waals surface area contributed by atoms with E-state index in [9.17, 15) is 0 Å². The molecule has 0 bridgehead atoms. The van der Waals surface area contributed by atoms with E-state index in [-0.39, 0.29) is 6.61 Å². The minimum Gasteiger partial charge on any atom is -0.392 e. The highest BCUT2D eigenvalue weighted by Gasteiger charge is 2.26. The van der Waals surface area contributed by atoms with Gasteiger partial charge >= 0.3 is 0 Å². The van der Waals surface area contributed by atoms with Gasteiger partial charge in [0, 0.05) is 0 Å². The van der Waals surface area contributed by atoms with Gasteiger partial charge in [0.15, 0.2) is 0 Å². The second-order valence-corrected chi connectivity index (χ2v) is 6.17. The predicted molar refractivity (Wildman–Crippen MR) is 88.6 cm³/mol. The zero-order valence-electron chi connectivity index (χ0n) is 13.3. The first kappa shape index (κ1) is 16.7. The van der Waals surface area contributed by atoms with Crippen molar-refractivity contribution >= 4 is 0 Å². The van der Waals surface area contributed by atoms with Crippen LogP contribution in [0.4, 0.5) is 0 Å². The van der Waals surface area contributed by atoms with Gasteiger partial charge in [-0.2, -0.15) is 0 Å². The van der Waals surface area contributed by atoms with Crippen LogP contribution in [0.5, 0.6) is 0 Å². The summed E-state index contributed by atoms with van der Waals surface area (Å²) in [5.74, 6) is 0. The number of allylic oxidation sites excluding steroid dienone is 9. The number of rotatable bonds is 5. The van der Waals surface area contributed by atoms with E-state index in [4.69, 9.17) is 5.11 Å². The fraction of sp³-hybridized carbons (Fsp3) is 0.474.